The molecule has 0 spiro atoms. The quantitative estimate of drug-likeness (QED) is 0.410. The summed E-state index contributed by atoms with van der Waals surface area (Å²) in [6.45, 7) is 0.963. The van der Waals surface area contributed by atoms with Crippen LogP contribution in [-0.4, -0.2) is 23.9 Å². The zero-order valence-electron chi connectivity index (χ0n) is 20.8. The standard InChI is InChI=1S/C32H36N2O/c1-34(31-13-6-3-7-14-31)23-24-15-19-30(20-16-24)33-32(35)28-12-8-11-26-17-18-27(21-29(26)22-28)25-9-4-2-5-10-25/h2,4-5,9-10,15-22,31H,3,6-8,11-14,23H2,1H3,(H,33,35). The first kappa shape index (κ1) is 23.6. The lowest BCUT2D eigenvalue weighted by Crippen LogP contribution is -2.32. The van der Waals surface area contributed by atoms with Crippen molar-refractivity contribution in [2.75, 3.05) is 12.4 Å². The minimum Gasteiger partial charge on any atom is -0.322 e. The van der Waals surface area contributed by atoms with Gasteiger partial charge in [-0.05, 0) is 91.2 Å². The van der Waals surface area contributed by atoms with Gasteiger partial charge in [0.1, 0.15) is 0 Å². The first-order chi connectivity index (χ1) is 17.2. The van der Waals surface area contributed by atoms with Crippen molar-refractivity contribution >= 4 is 17.7 Å². The molecule has 1 N–H and O–H groups in total. The molecule has 180 valence electrons. The van der Waals surface area contributed by atoms with Crippen LogP contribution in [0, 0.1) is 0 Å². The van der Waals surface area contributed by atoms with E-state index in [1.165, 1.54) is 54.4 Å². The van der Waals surface area contributed by atoms with Crippen LogP contribution in [0.5, 0.6) is 0 Å². The summed E-state index contributed by atoms with van der Waals surface area (Å²) < 4.78 is 0. The van der Waals surface area contributed by atoms with Crippen molar-refractivity contribution in [3.05, 3.63) is 95.1 Å². The molecule has 0 atom stereocenters. The number of carbonyl (C=O) groups excluding carboxylic acids is 1. The topological polar surface area (TPSA) is 32.3 Å². The minimum absolute atomic E-state index is 0.00929. The van der Waals surface area contributed by atoms with E-state index in [-0.39, 0.29) is 5.91 Å². The lowest BCUT2D eigenvalue weighted by Gasteiger charge is -2.31. The highest BCUT2D eigenvalue weighted by Gasteiger charge is 2.18. The van der Waals surface area contributed by atoms with Crippen LogP contribution >= 0.6 is 0 Å². The lowest BCUT2D eigenvalue weighted by atomic mass is 9.94. The van der Waals surface area contributed by atoms with Crippen molar-refractivity contribution in [1.82, 2.24) is 4.90 Å². The molecule has 0 bridgehead atoms. The Hall–Kier alpha value is -3.17. The van der Waals surface area contributed by atoms with Crippen molar-refractivity contribution in [2.45, 2.75) is 64.0 Å². The van der Waals surface area contributed by atoms with E-state index in [0.717, 1.165) is 42.6 Å². The summed E-state index contributed by atoms with van der Waals surface area (Å²) in [7, 11) is 2.24. The van der Waals surface area contributed by atoms with Crippen LogP contribution in [0.3, 0.4) is 0 Å². The summed E-state index contributed by atoms with van der Waals surface area (Å²) >= 11 is 0. The Balaban J connectivity index is 1.26. The summed E-state index contributed by atoms with van der Waals surface area (Å²) in [5.41, 5.74) is 7.89. The van der Waals surface area contributed by atoms with Crippen LogP contribution < -0.4 is 5.32 Å². The summed E-state index contributed by atoms with van der Waals surface area (Å²) in [4.78, 5) is 15.7. The molecule has 3 aromatic rings. The van der Waals surface area contributed by atoms with Crippen molar-refractivity contribution in [1.29, 1.82) is 0 Å². The number of hydrogen-bond donors (Lipinski definition) is 1. The Kier molecular flexibility index (Phi) is 7.44. The number of aryl methyl sites for hydroxylation is 1. The van der Waals surface area contributed by atoms with Crippen molar-refractivity contribution in [2.24, 2.45) is 0 Å². The van der Waals surface area contributed by atoms with E-state index in [1.807, 2.05) is 18.2 Å². The van der Waals surface area contributed by atoms with E-state index < -0.39 is 0 Å². The number of amides is 1. The Morgan fingerprint density at radius 3 is 2.40 bits per heavy atom. The maximum Gasteiger partial charge on any atom is 0.251 e. The fourth-order valence-corrected chi connectivity index (χ4v) is 5.52. The molecule has 1 fully saturated rings. The molecular weight excluding hydrogens is 428 g/mol. The predicted octanol–water partition coefficient (Wildman–Crippen LogP) is 7.48. The van der Waals surface area contributed by atoms with Crippen LogP contribution in [-0.2, 0) is 17.8 Å². The number of nitrogens with one attached hydrogen (secondary N) is 1. The maximum absolute atomic E-state index is 13.2. The van der Waals surface area contributed by atoms with Crippen molar-refractivity contribution in [3.8, 4) is 11.1 Å². The van der Waals surface area contributed by atoms with Crippen LogP contribution in [0.25, 0.3) is 17.2 Å². The molecule has 0 saturated heterocycles. The molecule has 3 nitrogen and oxygen atoms in total. The second-order valence-corrected chi connectivity index (χ2v) is 10.2. The molecule has 5 rings (SSSR count). The average molecular weight is 465 g/mol. The Labute approximate surface area is 209 Å². The second-order valence-electron chi connectivity index (χ2n) is 10.2. The molecule has 0 radical (unpaired) electrons. The van der Waals surface area contributed by atoms with E-state index in [0.29, 0.717) is 6.04 Å². The van der Waals surface area contributed by atoms with Crippen molar-refractivity contribution in [3.63, 3.8) is 0 Å². The molecule has 35 heavy (non-hydrogen) atoms. The molecular formula is C32H36N2O. The van der Waals surface area contributed by atoms with E-state index >= 15 is 0 Å². The van der Waals surface area contributed by atoms with Gasteiger partial charge in [0, 0.05) is 23.8 Å². The summed E-state index contributed by atoms with van der Waals surface area (Å²) in [6, 6.07) is 26.2. The molecule has 3 heteroatoms. The first-order valence-corrected chi connectivity index (χ1v) is 13.2. The molecule has 0 unspecified atom stereocenters. The van der Waals surface area contributed by atoms with Gasteiger partial charge in [-0.15, -0.1) is 0 Å². The highest BCUT2D eigenvalue weighted by atomic mass is 16.1. The van der Waals surface area contributed by atoms with Crippen molar-refractivity contribution < 1.29 is 4.79 Å². The van der Waals surface area contributed by atoms with Gasteiger partial charge >= 0.3 is 0 Å². The average Bonchev–Trinajstić information content (AvgIpc) is 3.13. The van der Waals surface area contributed by atoms with Crippen LogP contribution in [0.4, 0.5) is 5.69 Å². The minimum atomic E-state index is 0.00929. The lowest BCUT2D eigenvalue weighted by molar-refractivity contribution is -0.112. The van der Waals surface area contributed by atoms with Gasteiger partial charge in [0.25, 0.3) is 5.91 Å². The third-order valence-corrected chi connectivity index (χ3v) is 7.61. The fourth-order valence-electron chi connectivity index (χ4n) is 5.52. The molecule has 0 heterocycles. The largest absolute Gasteiger partial charge is 0.322 e. The van der Waals surface area contributed by atoms with Gasteiger partial charge in [-0.2, -0.15) is 0 Å². The van der Waals surface area contributed by atoms with Gasteiger partial charge in [-0.25, -0.2) is 0 Å². The highest BCUT2D eigenvalue weighted by molar-refractivity contribution is 6.07. The number of benzene rings is 3. The number of anilines is 1. The zero-order chi connectivity index (χ0) is 24.0. The first-order valence-electron chi connectivity index (χ1n) is 13.2. The van der Waals surface area contributed by atoms with E-state index in [1.54, 1.807) is 0 Å². The van der Waals surface area contributed by atoms with Crippen LogP contribution in [0.15, 0.2) is 78.4 Å². The Morgan fingerprint density at radius 1 is 0.857 bits per heavy atom. The van der Waals surface area contributed by atoms with Gasteiger partial charge in [-0.1, -0.05) is 73.9 Å². The zero-order valence-corrected chi connectivity index (χ0v) is 20.8. The maximum atomic E-state index is 13.2. The smallest absolute Gasteiger partial charge is 0.251 e. The van der Waals surface area contributed by atoms with Gasteiger partial charge in [0.05, 0.1) is 0 Å². The highest BCUT2D eigenvalue weighted by Crippen LogP contribution is 2.29. The van der Waals surface area contributed by atoms with E-state index in [9.17, 15) is 4.79 Å². The molecule has 1 amide bonds. The SMILES string of the molecule is CN(Cc1ccc(NC(=O)C2=Cc3cc(-c4ccccc4)ccc3CCC2)cc1)C1CCCCC1. The third kappa shape index (κ3) is 5.91. The van der Waals surface area contributed by atoms with E-state index in [2.05, 4.69) is 77.9 Å². The Morgan fingerprint density at radius 2 is 1.63 bits per heavy atom. The number of carbonyl (C=O) groups is 1. The number of hydrogen-bond acceptors (Lipinski definition) is 2. The van der Waals surface area contributed by atoms with Gasteiger partial charge in [-0.3, -0.25) is 9.69 Å². The molecule has 0 aromatic heterocycles. The fraction of sp³-hybridized carbons (Fsp3) is 0.344. The number of fused-ring (bicyclic) bond motifs is 1. The molecule has 1 saturated carbocycles. The van der Waals surface area contributed by atoms with Gasteiger partial charge in [0.2, 0.25) is 0 Å². The molecule has 0 aliphatic heterocycles. The predicted molar refractivity (Wildman–Crippen MR) is 146 cm³/mol. The summed E-state index contributed by atoms with van der Waals surface area (Å²) in [5.74, 6) is 0.00929. The van der Waals surface area contributed by atoms with E-state index in [4.69, 9.17) is 0 Å². The molecule has 2 aliphatic rings. The third-order valence-electron chi connectivity index (χ3n) is 7.61. The summed E-state index contributed by atoms with van der Waals surface area (Å²) in [5, 5.41) is 3.14. The van der Waals surface area contributed by atoms with Gasteiger partial charge < -0.3 is 5.32 Å². The molecule has 3 aromatic carbocycles. The van der Waals surface area contributed by atoms with Crippen LogP contribution in [0.2, 0.25) is 0 Å². The normalized spacial score (nSPS) is 16.3. The molecule has 2 aliphatic carbocycles. The monoisotopic (exact) mass is 464 g/mol. The Bertz CT molecular complexity index is 1170. The second kappa shape index (κ2) is 11.0. The van der Waals surface area contributed by atoms with Crippen LogP contribution in [0.1, 0.15) is 61.6 Å². The van der Waals surface area contributed by atoms with Gasteiger partial charge in [0.15, 0.2) is 0 Å². The number of nitrogens with zero attached hydrogens (tertiary/aromatic N) is 1. The summed E-state index contributed by atoms with van der Waals surface area (Å²) in [6.07, 6.45) is 11.6. The number of rotatable bonds is 6.